The molecule has 0 amide bonds. The van der Waals surface area contributed by atoms with Crippen LogP contribution in [0.5, 0.6) is 11.5 Å². The molecule has 154 valence electrons. The van der Waals surface area contributed by atoms with Crippen LogP contribution in [0.15, 0.2) is 77.3 Å². The van der Waals surface area contributed by atoms with Gasteiger partial charge < -0.3 is 14.2 Å². The van der Waals surface area contributed by atoms with E-state index >= 15 is 0 Å². The molecule has 3 aromatic rings. The van der Waals surface area contributed by atoms with E-state index < -0.39 is 11.9 Å². The average molecular weight is 469 g/mol. The molecule has 0 aromatic heterocycles. The van der Waals surface area contributed by atoms with E-state index in [9.17, 15) is 9.59 Å². The Kier molecular flexibility index (Phi) is 7.63. The van der Waals surface area contributed by atoms with Gasteiger partial charge in [0.05, 0.1) is 11.1 Å². The number of carbonyl (C=O) groups excluding carboxylic acids is 2. The average Bonchev–Trinajstić information content (AvgIpc) is 2.74. The second-order valence-corrected chi connectivity index (χ2v) is 7.42. The first kappa shape index (κ1) is 21.6. The zero-order chi connectivity index (χ0) is 21.3. The topological polar surface area (TPSA) is 61.8 Å². The predicted molar refractivity (Wildman–Crippen MR) is 117 cm³/mol. The van der Waals surface area contributed by atoms with Gasteiger partial charge in [-0.1, -0.05) is 48.5 Å². The van der Waals surface area contributed by atoms with Crippen LogP contribution in [0.25, 0.3) is 0 Å². The normalized spacial score (nSPS) is 10.3. The molecule has 0 aliphatic carbocycles. The van der Waals surface area contributed by atoms with Gasteiger partial charge in [-0.25, -0.2) is 9.59 Å². The molecule has 0 bridgehead atoms. The van der Waals surface area contributed by atoms with Crippen LogP contribution in [-0.4, -0.2) is 25.2 Å². The Morgan fingerprint density at radius 3 is 2.40 bits per heavy atom. The van der Waals surface area contributed by atoms with Crippen LogP contribution in [0.3, 0.4) is 0 Å². The molecule has 0 aliphatic heterocycles. The van der Waals surface area contributed by atoms with Gasteiger partial charge in [0.2, 0.25) is 0 Å². The van der Waals surface area contributed by atoms with Gasteiger partial charge in [0, 0.05) is 6.42 Å². The number of carbonyl (C=O) groups is 2. The molecule has 0 aliphatic rings. The van der Waals surface area contributed by atoms with Crippen LogP contribution < -0.4 is 9.47 Å². The second kappa shape index (κ2) is 10.6. The highest BCUT2D eigenvalue weighted by Crippen LogP contribution is 2.26. The Labute approximate surface area is 183 Å². The molecule has 0 spiro atoms. The number of benzene rings is 3. The Morgan fingerprint density at radius 2 is 1.63 bits per heavy atom. The van der Waals surface area contributed by atoms with E-state index in [4.69, 9.17) is 14.2 Å². The fourth-order valence-electron chi connectivity index (χ4n) is 2.72. The molecule has 5 nitrogen and oxygen atoms in total. The first-order valence-electron chi connectivity index (χ1n) is 9.42. The van der Waals surface area contributed by atoms with Gasteiger partial charge in [0.15, 0.2) is 6.61 Å². The van der Waals surface area contributed by atoms with Gasteiger partial charge in [0.1, 0.15) is 17.1 Å². The Balaban J connectivity index is 1.56. The maximum Gasteiger partial charge on any atom is 0.349 e. The summed E-state index contributed by atoms with van der Waals surface area (Å²) in [5.74, 6) is -0.492. The molecule has 0 unspecified atom stereocenters. The van der Waals surface area contributed by atoms with Gasteiger partial charge in [-0.05, 0) is 58.2 Å². The summed E-state index contributed by atoms with van der Waals surface area (Å²) in [7, 11) is 0. The molecular formula is C24H21BrO5. The maximum absolute atomic E-state index is 12.4. The van der Waals surface area contributed by atoms with Crippen molar-refractivity contribution in [2.75, 3.05) is 13.2 Å². The summed E-state index contributed by atoms with van der Waals surface area (Å²) in [6.07, 6.45) is 0.605. The molecule has 3 aromatic carbocycles. The lowest BCUT2D eigenvalue weighted by Crippen LogP contribution is -2.19. The van der Waals surface area contributed by atoms with E-state index in [1.54, 1.807) is 30.3 Å². The molecule has 6 heteroatoms. The van der Waals surface area contributed by atoms with Crippen molar-refractivity contribution in [1.29, 1.82) is 0 Å². The van der Waals surface area contributed by atoms with Gasteiger partial charge in [-0.2, -0.15) is 0 Å². The van der Waals surface area contributed by atoms with Gasteiger partial charge >= 0.3 is 11.9 Å². The summed E-state index contributed by atoms with van der Waals surface area (Å²) in [5.41, 5.74) is 2.33. The monoisotopic (exact) mass is 468 g/mol. The third-order valence-electron chi connectivity index (χ3n) is 4.23. The maximum atomic E-state index is 12.4. The zero-order valence-corrected chi connectivity index (χ0v) is 18.1. The summed E-state index contributed by atoms with van der Waals surface area (Å²) < 4.78 is 16.9. The van der Waals surface area contributed by atoms with E-state index in [0.29, 0.717) is 12.2 Å². The van der Waals surface area contributed by atoms with Crippen LogP contribution in [-0.2, 0) is 16.0 Å². The highest BCUT2D eigenvalue weighted by molar-refractivity contribution is 9.10. The van der Waals surface area contributed by atoms with Crippen molar-refractivity contribution in [1.82, 2.24) is 0 Å². The van der Waals surface area contributed by atoms with E-state index in [2.05, 4.69) is 15.9 Å². The number of ether oxygens (including phenoxy) is 3. The van der Waals surface area contributed by atoms with Crippen LogP contribution in [0.2, 0.25) is 0 Å². The lowest BCUT2D eigenvalue weighted by molar-refractivity contribution is -0.136. The molecule has 0 N–H and O–H groups in total. The number of aryl methyl sites for hydroxylation is 1. The van der Waals surface area contributed by atoms with Gasteiger partial charge in [0.25, 0.3) is 0 Å². The highest BCUT2D eigenvalue weighted by atomic mass is 79.9. The number of halogens is 1. The summed E-state index contributed by atoms with van der Waals surface area (Å²) >= 11 is 3.40. The third-order valence-corrected chi connectivity index (χ3v) is 4.85. The third kappa shape index (κ3) is 6.19. The first-order chi connectivity index (χ1) is 14.5. The number of rotatable bonds is 8. The van der Waals surface area contributed by atoms with E-state index in [0.717, 1.165) is 15.6 Å². The van der Waals surface area contributed by atoms with Crippen molar-refractivity contribution in [2.45, 2.75) is 13.3 Å². The number of hydrogen-bond acceptors (Lipinski definition) is 5. The largest absolute Gasteiger partial charge is 0.481 e. The number of para-hydroxylation sites is 1. The first-order valence-corrected chi connectivity index (χ1v) is 10.2. The lowest BCUT2D eigenvalue weighted by atomic mass is 10.2. The minimum absolute atomic E-state index is 0.138. The standard InChI is InChI=1S/C24H21BrO5/c1-17-11-12-22(20(25)15-17)29-16-23(26)30-21-10-6-5-9-19(21)24(27)28-14-13-18-7-3-2-4-8-18/h2-12,15H,13-14,16H2,1H3. The zero-order valence-electron chi connectivity index (χ0n) is 16.5. The van der Waals surface area contributed by atoms with Crippen molar-refractivity contribution in [3.8, 4) is 11.5 Å². The van der Waals surface area contributed by atoms with Crippen molar-refractivity contribution in [2.24, 2.45) is 0 Å². The number of hydrogen-bond donors (Lipinski definition) is 0. The minimum Gasteiger partial charge on any atom is -0.481 e. The summed E-state index contributed by atoms with van der Waals surface area (Å²) in [4.78, 5) is 24.7. The SMILES string of the molecule is Cc1ccc(OCC(=O)Oc2ccccc2C(=O)OCCc2ccccc2)c(Br)c1. The van der Waals surface area contributed by atoms with Crippen molar-refractivity contribution >= 4 is 27.9 Å². The molecule has 0 atom stereocenters. The van der Waals surface area contributed by atoms with Crippen LogP contribution in [0.1, 0.15) is 21.5 Å². The minimum atomic E-state index is -0.619. The summed E-state index contributed by atoms with van der Waals surface area (Å²) in [6.45, 7) is 1.90. The predicted octanol–water partition coefficient (Wildman–Crippen LogP) is 5.14. The number of esters is 2. The Hall–Kier alpha value is -3.12. The Morgan fingerprint density at radius 1 is 0.900 bits per heavy atom. The fourth-order valence-corrected chi connectivity index (χ4v) is 3.33. The molecule has 0 fully saturated rings. The van der Waals surface area contributed by atoms with Gasteiger partial charge in [-0.15, -0.1) is 0 Å². The smallest absolute Gasteiger partial charge is 0.349 e. The van der Waals surface area contributed by atoms with Crippen molar-refractivity contribution in [3.63, 3.8) is 0 Å². The summed E-state index contributed by atoms with van der Waals surface area (Å²) in [5, 5.41) is 0. The van der Waals surface area contributed by atoms with E-state index in [-0.39, 0.29) is 24.5 Å². The van der Waals surface area contributed by atoms with Crippen LogP contribution in [0.4, 0.5) is 0 Å². The van der Waals surface area contributed by atoms with Crippen molar-refractivity contribution < 1.29 is 23.8 Å². The Bertz CT molecular complexity index is 1020. The molecule has 0 radical (unpaired) electrons. The molecule has 0 heterocycles. The van der Waals surface area contributed by atoms with Gasteiger partial charge in [-0.3, -0.25) is 0 Å². The van der Waals surface area contributed by atoms with E-state index in [1.807, 2.05) is 49.4 Å². The molecule has 0 saturated carbocycles. The second-order valence-electron chi connectivity index (χ2n) is 6.56. The lowest BCUT2D eigenvalue weighted by Gasteiger charge is -2.11. The fraction of sp³-hybridized carbons (Fsp3) is 0.167. The molecule has 3 rings (SSSR count). The quantitative estimate of drug-likeness (QED) is 0.338. The molecular weight excluding hydrogens is 448 g/mol. The molecule has 30 heavy (non-hydrogen) atoms. The highest BCUT2D eigenvalue weighted by Gasteiger charge is 2.17. The van der Waals surface area contributed by atoms with Crippen LogP contribution in [0, 0.1) is 6.92 Å². The van der Waals surface area contributed by atoms with Crippen molar-refractivity contribution in [3.05, 3.63) is 94.0 Å². The van der Waals surface area contributed by atoms with E-state index in [1.165, 1.54) is 0 Å². The van der Waals surface area contributed by atoms with Crippen LogP contribution >= 0.6 is 15.9 Å². The molecule has 0 saturated heterocycles. The summed E-state index contributed by atoms with van der Waals surface area (Å²) in [6, 6.07) is 21.8.